The van der Waals surface area contributed by atoms with Crippen LogP contribution in [0.4, 0.5) is 0 Å². The van der Waals surface area contributed by atoms with Crippen LogP contribution in [-0.4, -0.2) is 44.0 Å². The number of benzene rings is 1. The number of aliphatic imine (C=N–C) groups is 1. The molecule has 1 rings (SSSR count). The van der Waals surface area contributed by atoms with Gasteiger partial charge in [0, 0.05) is 25.7 Å². The molecule has 0 aliphatic heterocycles. The Morgan fingerprint density at radius 1 is 1.30 bits per heavy atom. The monoisotopic (exact) mass is 338 g/mol. The average molecular weight is 339 g/mol. The fourth-order valence-corrected chi connectivity index (χ4v) is 2.00. The number of hydrogen-bond donors (Lipinski definition) is 2. The van der Waals surface area contributed by atoms with Crippen molar-refractivity contribution in [2.45, 2.75) is 26.8 Å². The predicted molar refractivity (Wildman–Crippen MR) is 96.8 cm³/mol. The molecular weight excluding hydrogens is 312 g/mol. The third-order valence-electron chi connectivity index (χ3n) is 3.25. The van der Waals surface area contributed by atoms with Crippen LogP contribution in [-0.2, 0) is 4.79 Å². The van der Waals surface area contributed by atoms with Crippen molar-refractivity contribution in [1.82, 2.24) is 15.5 Å². The van der Waals surface area contributed by atoms with E-state index in [0.717, 1.165) is 12.1 Å². The molecule has 0 bridgehead atoms. The summed E-state index contributed by atoms with van der Waals surface area (Å²) < 4.78 is 0. The van der Waals surface area contributed by atoms with E-state index >= 15 is 0 Å². The maximum atomic E-state index is 11.7. The van der Waals surface area contributed by atoms with Gasteiger partial charge in [-0.25, -0.2) is 4.99 Å². The van der Waals surface area contributed by atoms with E-state index < -0.39 is 0 Å². The highest BCUT2D eigenvalue weighted by molar-refractivity contribution is 6.30. The molecule has 5 nitrogen and oxygen atoms in total. The Balaban J connectivity index is 2.78. The van der Waals surface area contributed by atoms with E-state index in [-0.39, 0.29) is 18.5 Å². The molecule has 0 aromatic heterocycles. The van der Waals surface area contributed by atoms with Crippen LogP contribution in [0.15, 0.2) is 29.3 Å². The van der Waals surface area contributed by atoms with Gasteiger partial charge in [-0.3, -0.25) is 4.79 Å². The Morgan fingerprint density at radius 3 is 2.57 bits per heavy atom. The molecule has 1 atom stereocenters. The molecule has 0 aliphatic carbocycles. The number of hydrogen-bond acceptors (Lipinski definition) is 2. The van der Waals surface area contributed by atoms with E-state index in [4.69, 9.17) is 11.6 Å². The van der Waals surface area contributed by atoms with Crippen LogP contribution in [0, 0.1) is 5.92 Å². The summed E-state index contributed by atoms with van der Waals surface area (Å²) in [4.78, 5) is 17.6. The number of amides is 1. The number of rotatable bonds is 6. The fourth-order valence-electron chi connectivity index (χ4n) is 1.81. The SMILES string of the molecule is CC(C)CNC(=NCC(=O)N(C)C)NC(C)c1cccc(Cl)c1. The minimum Gasteiger partial charge on any atom is -0.356 e. The number of nitrogens with one attached hydrogen (secondary N) is 2. The predicted octanol–water partition coefficient (Wildman–Crippen LogP) is 2.68. The zero-order chi connectivity index (χ0) is 17.4. The lowest BCUT2D eigenvalue weighted by atomic mass is 10.1. The Morgan fingerprint density at radius 2 is 2.00 bits per heavy atom. The van der Waals surface area contributed by atoms with E-state index in [1.165, 1.54) is 4.90 Å². The maximum absolute atomic E-state index is 11.7. The Labute approximate surface area is 144 Å². The van der Waals surface area contributed by atoms with Gasteiger partial charge in [0.25, 0.3) is 0 Å². The molecule has 0 radical (unpaired) electrons. The quantitative estimate of drug-likeness (QED) is 0.619. The first kappa shape index (κ1) is 19.3. The van der Waals surface area contributed by atoms with Crippen molar-refractivity contribution >= 4 is 23.5 Å². The average Bonchev–Trinajstić information content (AvgIpc) is 2.49. The van der Waals surface area contributed by atoms with Gasteiger partial charge >= 0.3 is 0 Å². The standard InChI is InChI=1S/C17H27ClN4O/c1-12(2)10-19-17(20-11-16(23)22(4)5)21-13(3)14-7-6-8-15(18)9-14/h6-9,12-13H,10-11H2,1-5H3,(H2,19,20,21). The van der Waals surface area contributed by atoms with Crippen LogP contribution in [0.5, 0.6) is 0 Å². The molecule has 1 unspecified atom stereocenters. The van der Waals surface area contributed by atoms with Crippen molar-refractivity contribution in [2.75, 3.05) is 27.2 Å². The normalized spacial score (nSPS) is 12.9. The smallest absolute Gasteiger partial charge is 0.243 e. The highest BCUT2D eigenvalue weighted by Crippen LogP contribution is 2.17. The Bertz CT molecular complexity index is 543. The molecular formula is C17H27ClN4O. The van der Waals surface area contributed by atoms with Crippen molar-refractivity contribution in [2.24, 2.45) is 10.9 Å². The number of likely N-dealkylation sites (N-methyl/N-ethyl adjacent to an activating group) is 1. The number of nitrogens with zero attached hydrogens (tertiary/aromatic N) is 2. The van der Waals surface area contributed by atoms with Gasteiger partial charge in [-0.05, 0) is 30.5 Å². The number of carbonyl (C=O) groups is 1. The molecule has 0 spiro atoms. The van der Waals surface area contributed by atoms with Crippen LogP contribution >= 0.6 is 11.6 Å². The fraction of sp³-hybridized carbons (Fsp3) is 0.529. The molecule has 6 heteroatoms. The molecule has 2 N–H and O–H groups in total. The summed E-state index contributed by atoms with van der Waals surface area (Å²) in [5, 5.41) is 7.28. The van der Waals surface area contributed by atoms with Gasteiger partial charge < -0.3 is 15.5 Å². The first-order chi connectivity index (χ1) is 10.8. The highest BCUT2D eigenvalue weighted by Gasteiger charge is 2.10. The van der Waals surface area contributed by atoms with Gasteiger partial charge in [-0.1, -0.05) is 37.6 Å². The summed E-state index contributed by atoms with van der Waals surface area (Å²) >= 11 is 6.04. The summed E-state index contributed by atoms with van der Waals surface area (Å²) in [6.07, 6.45) is 0. The molecule has 1 aromatic carbocycles. The Kier molecular flexibility index (Phi) is 7.89. The van der Waals surface area contributed by atoms with Crippen LogP contribution in [0.25, 0.3) is 0 Å². The summed E-state index contributed by atoms with van der Waals surface area (Å²) in [5.41, 5.74) is 1.07. The lowest BCUT2D eigenvalue weighted by Gasteiger charge is -2.20. The highest BCUT2D eigenvalue weighted by atomic mass is 35.5. The maximum Gasteiger partial charge on any atom is 0.243 e. The minimum atomic E-state index is -0.0361. The van der Waals surface area contributed by atoms with Crippen molar-refractivity contribution in [3.63, 3.8) is 0 Å². The lowest BCUT2D eigenvalue weighted by Crippen LogP contribution is -2.41. The van der Waals surface area contributed by atoms with Crippen LogP contribution < -0.4 is 10.6 Å². The molecule has 1 aromatic rings. The summed E-state index contributed by atoms with van der Waals surface area (Å²) in [6, 6.07) is 7.73. The second-order valence-electron chi connectivity index (χ2n) is 6.15. The number of halogens is 1. The van der Waals surface area contributed by atoms with Crippen molar-refractivity contribution < 1.29 is 4.79 Å². The summed E-state index contributed by atoms with van der Waals surface area (Å²) in [5.74, 6) is 1.07. The molecule has 128 valence electrons. The van der Waals surface area contributed by atoms with E-state index in [0.29, 0.717) is 16.9 Å². The van der Waals surface area contributed by atoms with E-state index in [9.17, 15) is 4.79 Å². The van der Waals surface area contributed by atoms with Crippen molar-refractivity contribution in [3.8, 4) is 0 Å². The minimum absolute atomic E-state index is 0.0292. The largest absolute Gasteiger partial charge is 0.356 e. The molecule has 0 aliphatic rings. The van der Waals surface area contributed by atoms with Gasteiger partial charge in [0.05, 0.1) is 6.04 Å². The lowest BCUT2D eigenvalue weighted by molar-refractivity contribution is -0.127. The van der Waals surface area contributed by atoms with Gasteiger partial charge in [0.15, 0.2) is 5.96 Å². The summed E-state index contributed by atoms with van der Waals surface area (Å²) in [6.45, 7) is 7.17. The second-order valence-corrected chi connectivity index (χ2v) is 6.59. The topological polar surface area (TPSA) is 56.7 Å². The van der Waals surface area contributed by atoms with Crippen LogP contribution in [0.3, 0.4) is 0 Å². The molecule has 0 heterocycles. The third-order valence-corrected chi connectivity index (χ3v) is 3.49. The number of guanidine groups is 1. The second kappa shape index (κ2) is 9.40. The molecule has 0 fully saturated rings. The van der Waals surface area contributed by atoms with Crippen molar-refractivity contribution in [1.29, 1.82) is 0 Å². The summed E-state index contributed by atoms with van der Waals surface area (Å²) in [7, 11) is 3.45. The third kappa shape index (κ3) is 7.37. The molecule has 23 heavy (non-hydrogen) atoms. The molecule has 0 saturated heterocycles. The van der Waals surface area contributed by atoms with Crippen molar-refractivity contribution in [3.05, 3.63) is 34.9 Å². The van der Waals surface area contributed by atoms with Crippen LogP contribution in [0.1, 0.15) is 32.4 Å². The Hall–Kier alpha value is -1.75. The van der Waals surface area contributed by atoms with Gasteiger partial charge in [0.2, 0.25) is 5.91 Å². The first-order valence-electron chi connectivity index (χ1n) is 7.80. The molecule has 1 amide bonds. The molecule has 0 saturated carbocycles. The van der Waals surface area contributed by atoms with Gasteiger partial charge in [-0.15, -0.1) is 0 Å². The van der Waals surface area contributed by atoms with E-state index in [1.54, 1.807) is 14.1 Å². The van der Waals surface area contributed by atoms with E-state index in [2.05, 4.69) is 29.5 Å². The van der Waals surface area contributed by atoms with Crippen LogP contribution in [0.2, 0.25) is 5.02 Å². The van der Waals surface area contributed by atoms with Gasteiger partial charge in [-0.2, -0.15) is 0 Å². The first-order valence-corrected chi connectivity index (χ1v) is 8.18. The number of carbonyl (C=O) groups excluding carboxylic acids is 1. The van der Waals surface area contributed by atoms with E-state index in [1.807, 2.05) is 31.2 Å². The van der Waals surface area contributed by atoms with Gasteiger partial charge in [0.1, 0.15) is 6.54 Å². The zero-order valence-electron chi connectivity index (χ0n) is 14.6. The zero-order valence-corrected chi connectivity index (χ0v) is 15.3.